The second-order valence-corrected chi connectivity index (χ2v) is 8.05. The lowest BCUT2D eigenvalue weighted by atomic mass is 9.99. The number of nitrogens with zero attached hydrogens (tertiary/aromatic N) is 1. The first-order valence-electron chi connectivity index (χ1n) is 8.54. The lowest BCUT2D eigenvalue weighted by Crippen LogP contribution is -2.46. The summed E-state index contributed by atoms with van der Waals surface area (Å²) in [5.74, 6) is -0.793. The highest BCUT2D eigenvalue weighted by atomic mass is 127. The fraction of sp³-hybridized carbons (Fsp3) is 0.200. The summed E-state index contributed by atoms with van der Waals surface area (Å²) in [5, 5.41) is 2.83. The molecule has 0 aromatic heterocycles. The van der Waals surface area contributed by atoms with Crippen LogP contribution in [-0.4, -0.2) is 28.7 Å². The summed E-state index contributed by atoms with van der Waals surface area (Å²) in [4.78, 5) is 24.9. The van der Waals surface area contributed by atoms with E-state index < -0.39 is 11.9 Å². The molecule has 2 amide bonds. The summed E-state index contributed by atoms with van der Waals surface area (Å²) in [6.45, 7) is 0.663. The van der Waals surface area contributed by atoms with E-state index in [0.717, 1.165) is 11.1 Å². The highest BCUT2D eigenvalue weighted by Crippen LogP contribution is 2.40. The molecule has 0 saturated heterocycles. The third-order valence-corrected chi connectivity index (χ3v) is 6.53. The predicted molar refractivity (Wildman–Crippen MR) is 117 cm³/mol. The number of nitrogens with two attached hydrogens (primary N) is 1. The average molecular weight is 493 g/mol. The minimum absolute atomic E-state index is 0.154. The van der Waals surface area contributed by atoms with E-state index in [1.165, 1.54) is 0 Å². The zero-order valence-corrected chi connectivity index (χ0v) is 17.5. The van der Waals surface area contributed by atoms with Gasteiger partial charge in [0.2, 0.25) is 11.8 Å². The number of hydrogen-bond donors (Lipinski definition) is 2. The van der Waals surface area contributed by atoms with Gasteiger partial charge in [-0.3, -0.25) is 9.59 Å². The fourth-order valence-corrected chi connectivity index (χ4v) is 4.75. The van der Waals surface area contributed by atoms with Crippen LogP contribution in [0, 0.1) is 0 Å². The first kappa shape index (κ1) is 19.9. The van der Waals surface area contributed by atoms with E-state index >= 15 is 0 Å². The minimum Gasteiger partial charge on any atom is -0.368 e. The highest BCUT2D eigenvalue weighted by molar-refractivity contribution is 14.2. The first-order chi connectivity index (χ1) is 13.1. The molecule has 0 radical (unpaired) electrons. The molecule has 2 atom stereocenters. The molecule has 0 bridgehead atoms. The van der Waals surface area contributed by atoms with Gasteiger partial charge in [0.15, 0.2) is 0 Å². The van der Waals surface area contributed by atoms with E-state index in [1.807, 2.05) is 66.7 Å². The zero-order chi connectivity index (χ0) is 19.2. The maximum Gasteiger partial charge on any atom is 0.249 e. The number of benzene rings is 2. The van der Waals surface area contributed by atoms with Crippen LogP contribution in [0.2, 0.25) is 0 Å². The van der Waals surface area contributed by atoms with E-state index in [-0.39, 0.29) is 11.9 Å². The van der Waals surface area contributed by atoms with E-state index in [0.29, 0.717) is 18.5 Å². The van der Waals surface area contributed by atoms with Crippen molar-refractivity contribution >= 4 is 42.1 Å². The van der Waals surface area contributed by atoms with Crippen molar-refractivity contribution < 1.29 is 9.59 Å². The first-order valence-corrected chi connectivity index (χ1v) is 11.9. The van der Waals surface area contributed by atoms with Gasteiger partial charge in [0.25, 0.3) is 0 Å². The summed E-state index contributed by atoms with van der Waals surface area (Å²) in [6, 6.07) is 18.5. The van der Waals surface area contributed by atoms with Gasteiger partial charge in [-0.15, -0.1) is 0 Å². The number of halogens is 1. The van der Waals surface area contributed by atoms with E-state index in [9.17, 15) is 9.59 Å². The monoisotopic (exact) mass is 493 g/mol. The van der Waals surface area contributed by atoms with Crippen molar-refractivity contribution in [2.24, 2.45) is 5.73 Å². The van der Waals surface area contributed by atoms with Crippen LogP contribution in [0.4, 0.5) is 0 Å². The summed E-state index contributed by atoms with van der Waals surface area (Å²) < 4.78 is 2.13. The second kappa shape index (κ2) is 9.38. The van der Waals surface area contributed by atoms with Crippen LogP contribution in [0.25, 0.3) is 0 Å². The molecule has 1 aliphatic heterocycles. The van der Waals surface area contributed by atoms with Crippen LogP contribution < -0.4 is 11.1 Å². The maximum absolute atomic E-state index is 13.0. The molecule has 5 nitrogen and oxygen atoms in total. The van der Waals surface area contributed by atoms with Crippen LogP contribution >= 0.6 is 30.3 Å². The van der Waals surface area contributed by atoms with Gasteiger partial charge in [0, 0.05) is 39.7 Å². The Bertz CT molecular complexity index is 830. The summed E-state index contributed by atoms with van der Waals surface area (Å²) in [7, 11) is 1.56. The van der Waals surface area contributed by atoms with Crippen molar-refractivity contribution in [3.05, 3.63) is 83.4 Å². The quantitative estimate of drug-likeness (QED) is 0.459. The van der Waals surface area contributed by atoms with Crippen LogP contribution in [0.5, 0.6) is 0 Å². The van der Waals surface area contributed by atoms with Gasteiger partial charge in [0.1, 0.15) is 6.04 Å². The number of hydrogen-bond acceptors (Lipinski definition) is 4. The summed E-state index contributed by atoms with van der Waals surface area (Å²) in [6.07, 6.45) is 2.29. The third-order valence-electron chi connectivity index (χ3n) is 4.47. The lowest BCUT2D eigenvalue weighted by molar-refractivity contribution is -0.125. The van der Waals surface area contributed by atoms with Crippen molar-refractivity contribution in [1.82, 2.24) is 9.62 Å². The molecule has 0 saturated carbocycles. The molecule has 2 aromatic carbocycles. The normalized spacial score (nSPS) is 18.0. The van der Waals surface area contributed by atoms with Crippen molar-refractivity contribution in [3.8, 4) is 0 Å². The minimum atomic E-state index is -0.751. The third kappa shape index (κ3) is 4.91. The van der Waals surface area contributed by atoms with Crippen molar-refractivity contribution in [1.29, 1.82) is 0 Å². The molecule has 0 unspecified atom stereocenters. The molecule has 1 heterocycles. The Hall–Kier alpha value is -1.84. The topological polar surface area (TPSA) is 75.4 Å². The lowest BCUT2D eigenvalue weighted by Gasteiger charge is -2.25. The molecule has 1 aliphatic rings. The Kier molecular flexibility index (Phi) is 6.92. The molecule has 0 spiro atoms. The molecular formula is C20H20IN3O2S. The number of carbonyl (C=O) groups excluding carboxylic acids is 2. The van der Waals surface area contributed by atoms with Gasteiger partial charge in [0.05, 0.1) is 6.04 Å². The Morgan fingerprint density at radius 1 is 1.15 bits per heavy atom. The van der Waals surface area contributed by atoms with E-state index in [1.54, 1.807) is 9.12 Å². The highest BCUT2D eigenvalue weighted by Gasteiger charge is 2.34. The molecule has 0 aliphatic carbocycles. The molecule has 0 fully saturated rings. The van der Waals surface area contributed by atoms with Gasteiger partial charge in [-0.2, -0.15) is 0 Å². The fourth-order valence-electron chi connectivity index (χ4n) is 3.14. The Morgan fingerprint density at radius 3 is 2.37 bits per heavy atom. The van der Waals surface area contributed by atoms with Crippen LogP contribution in [0.15, 0.2) is 72.3 Å². The van der Waals surface area contributed by atoms with Gasteiger partial charge in [-0.25, -0.2) is 4.31 Å². The molecule has 140 valence electrons. The molecule has 3 N–H and O–H groups in total. The average Bonchev–Trinajstić information content (AvgIpc) is 3.13. The number of nitrogens with one attached hydrogen (secondary N) is 1. The van der Waals surface area contributed by atoms with Gasteiger partial charge >= 0.3 is 0 Å². The molecular weight excluding hydrogens is 473 g/mol. The molecule has 3 rings (SSSR count). The Labute approximate surface area is 175 Å². The van der Waals surface area contributed by atoms with E-state index in [2.05, 4.69) is 30.8 Å². The number of primary amides is 1. The van der Waals surface area contributed by atoms with Gasteiger partial charge in [-0.1, -0.05) is 66.7 Å². The van der Waals surface area contributed by atoms with Crippen molar-refractivity contribution in [2.75, 3.05) is 6.54 Å². The standard InChI is InChI=1S/C20H20IN3O2S/c21-27-24-12-11-16(18(24)15-9-5-2-6-10-15)20(26)23-17(19(22)25)13-14-7-3-1-4-8-14/h1-11,17-18H,12-13H2,(H2,22,25)(H,23,26)/t17-,18+/m0/s1. The molecule has 2 aromatic rings. The van der Waals surface area contributed by atoms with E-state index in [4.69, 9.17) is 5.73 Å². The Balaban J connectivity index is 1.77. The maximum atomic E-state index is 13.0. The van der Waals surface area contributed by atoms with Crippen LogP contribution in [0.3, 0.4) is 0 Å². The number of carbonyl (C=O) groups is 2. The SMILES string of the molecule is NC(=O)[C@H](Cc1ccccc1)NC(=O)C1=CCN(SI)[C@@H]1c1ccccc1. The Morgan fingerprint density at radius 2 is 1.78 bits per heavy atom. The summed E-state index contributed by atoms with van der Waals surface area (Å²) in [5.41, 5.74) is 8.18. The molecule has 27 heavy (non-hydrogen) atoms. The predicted octanol–water partition coefficient (Wildman–Crippen LogP) is 3.18. The molecule has 7 heteroatoms. The van der Waals surface area contributed by atoms with Crippen LogP contribution in [0.1, 0.15) is 17.2 Å². The largest absolute Gasteiger partial charge is 0.368 e. The zero-order valence-electron chi connectivity index (χ0n) is 14.5. The van der Waals surface area contributed by atoms with Crippen molar-refractivity contribution in [3.63, 3.8) is 0 Å². The van der Waals surface area contributed by atoms with Crippen LogP contribution in [-0.2, 0) is 16.0 Å². The van der Waals surface area contributed by atoms with Crippen molar-refractivity contribution in [2.45, 2.75) is 18.5 Å². The number of rotatable bonds is 7. The van der Waals surface area contributed by atoms with Gasteiger partial charge < -0.3 is 11.1 Å². The van der Waals surface area contributed by atoms with Gasteiger partial charge in [-0.05, 0) is 20.2 Å². The second-order valence-electron chi connectivity index (χ2n) is 6.26. The number of amides is 2. The smallest absolute Gasteiger partial charge is 0.249 e. The summed E-state index contributed by atoms with van der Waals surface area (Å²) >= 11 is 2.22.